The van der Waals surface area contributed by atoms with E-state index in [1.807, 2.05) is 32.9 Å². The first kappa shape index (κ1) is 23.4. The minimum absolute atomic E-state index is 0. The molecular weight excluding hydrogens is 460 g/mol. The minimum atomic E-state index is -1.13. The molecule has 3 N–H and O–H groups in total. The maximum atomic E-state index is 13.7. The van der Waals surface area contributed by atoms with Gasteiger partial charge >= 0.3 is 0 Å². The molecule has 2 aromatic rings. The van der Waals surface area contributed by atoms with Gasteiger partial charge in [-0.15, -0.1) is 24.0 Å². The molecule has 0 aliphatic carbocycles. The number of benzene rings is 1. The Hall–Kier alpha value is -1.61. The maximum Gasteiger partial charge on any atom is 0.191 e. The lowest BCUT2D eigenvalue weighted by Crippen LogP contribution is -2.39. The fourth-order valence-corrected chi connectivity index (χ4v) is 2.84. The number of nitrogens with one attached hydrogen (secondary N) is 2. The van der Waals surface area contributed by atoms with Crippen molar-refractivity contribution in [3.8, 4) is 0 Å². The van der Waals surface area contributed by atoms with Gasteiger partial charge in [0.25, 0.3) is 0 Å². The van der Waals surface area contributed by atoms with Crippen LogP contribution in [0.1, 0.15) is 36.5 Å². The van der Waals surface area contributed by atoms with Gasteiger partial charge < -0.3 is 20.2 Å². The molecule has 1 aromatic carbocycles. The second-order valence-corrected chi connectivity index (χ2v) is 6.56. The van der Waals surface area contributed by atoms with Gasteiger partial charge in [-0.05, 0) is 51.8 Å². The smallest absolute Gasteiger partial charge is 0.191 e. The third kappa shape index (κ3) is 6.80. The maximum absolute atomic E-state index is 13.7. The molecule has 27 heavy (non-hydrogen) atoms. The molecule has 150 valence electrons. The Labute approximate surface area is 177 Å². The van der Waals surface area contributed by atoms with Crippen LogP contribution < -0.4 is 10.6 Å². The number of guanidine groups is 1. The average Bonchev–Trinajstić information content (AvgIpc) is 2.94. The number of nitrogens with zero attached hydrogens (tertiary/aromatic N) is 1. The van der Waals surface area contributed by atoms with E-state index in [9.17, 15) is 9.50 Å². The van der Waals surface area contributed by atoms with Crippen LogP contribution >= 0.6 is 24.0 Å². The number of hydrogen-bond donors (Lipinski definition) is 3. The molecule has 1 aromatic heterocycles. The van der Waals surface area contributed by atoms with Crippen molar-refractivity contribution < 1.29 is 13.9 Å². The van der Waals surface area contributed by atoms with E-state index in [0.29, 0.717) is 36.8 Å². The summed E-state index contributed by atoms with van der Waals surface area (Å²) in [6.45, 7) is 8.78. The van der Waals surface area contributed by atoms with Gasteiger partial charge in [-0.25, -0.2) is 9.38 Å². The molecule has 0 fully saturated rings. The molecule has 0 saturated heterocycles. The van der Waals surface area contributed by atoms with Crippen LogP contribution in [0.4, 0.5) is 4.39 Å². The second-order valence-electron chi connectivity index (χ2n) is 6.56. The van der Waals surface area contributed by atoms with Gasteiger partial charge in [0, 0.05) is 18.7 Å². The number of furan rings is 1. The topological polar surface area (TPSA) is 69.8 Å². The highest BCUT2D eigenvalue weighted by Gasteiger charge is 2.27. The number of aliphatic hydroxyl groups is 1. The second kappa shape index (κ2) is 10.7. The van der Waals surface area contributed by atoms with E-state index in [2.05, 4.69) is 15.6 Å². The van der Waals surface area contributed by atoms with Crippen molar-refractivity contribution in [2.75, 3.05) is 19.6 Å². The fraction of sp³-hybridized carbons (Fsp3) is 0.450. The molecule has 0 amide bonds. The highest BCUT2D eigenvalue weighted by atomic mass is 127. The van der Waals surface area contributed by atoms with Crippen molar-refractivity contribution in [2.24, 2.45) is 4.99 Å². The molecule has 0 bridgehead atoms. The average molecular weight is 489 g/mol. The van der Waals surface area contributed by atoms with Crippen LogP contribution in [0.3, 0.4) is 0 Å². The highest BCUT2D eigenvalue weighted by molar-refractivity contribution is 14.0. The van der Waals surface area contributed by atoms with E-state index < -0.39 is 5.60 Å². The highest BCUT2D eigenvalue weighted by Crippen LogP contribution is 2.27. The molecule has 1 unspecified atom stereocenters. The Bertz CT molecular complexity index is 759. The van der Waals surface area contributed by atoms with Crippen LogP contribution in [0.15, 0.2) is 39.7 Å². The van der Waals surface area contributed by atoms with Crippen LogP contribution in [0, 0.1) is 19.7 Å². The van der Waals surface area contributed by atoms with Crippen molar-refractivity contribution >= 4 is 29.9 Å². The van der Waals surface area contributed by atoms with E-state index in [4.69, 9.17) is 4.42 Å². The molecule has 0 spiro atoms. The van der Waals surface area contributed by atoms with Crippen LogP contribution in [0.25, 0.3) is 0 Å². The minimum Gasteiger partial charge on any atom is -0.466 e. The first-order valence-corrected chi connectivity index (χ1v) is 8.89. The lowest BCUT2D eigenvalue weighted by molar-refractivity contribution is 0.0657. The third-order valence-corrected chi connectivity index (χ3v) is 4.16. The van der Waals surface area contributed by atoms with E-state index in [1.54, 1.807) is 19.1 Å². The van der Waals surface area contributed by atoms with Gasteiger partial charge in [-0.2, -0.15) is 0 Å². The van der Waals surface area contributed by atoms with Crippen molar-refractivity contribution in [2.45, 2.75) is 39.7 Å². The summed E-state index contributed by atoms with van der Waals surface area (Å²) in [5.41, 5.74) is 0.267. The Balaban J connectivity index is 0.00000364. The van der Waals surface area contributed by atoms with Crippen LogP contribution in [0.2, 0.25) is 0 Å². The number of aryl methyl sites for hydroxylation is 2. The normalized spacial score (nSPS) is 13.6. The summed E-state index contributed by atoms with van der Waals surface area (Å²) < 4.78 is 19.2. The van der Waals surface area contributed by atoms with Crippen molar-refractivity contribution in [3.05, 3.63) is 58.8 Å². The molecule has 2 rings (SSSR count). The van der Waals surface area contributed by atoms with E-state index in [-0.39, 0.29) is 36.3 Å². The SMILES string of the molecule is CCNC(=NCC(C)(O)c1cc(C)oc1C)NCCc1ccccc1F.I. The summed E-state index contributed by atoms with van der Waals surface area (Å²) in [4.78, 5) is 4.47. The zero-order valence-electron chi connectivity index (χ0n) is 16.3. The molecule has 0 aliphatic heterocycles. The Morgan fingerprint density at radius 2 is 1.96 bits per heavy atom. The summed E-state index contributed by atoms with van der Waals surface area (Å²) in [5.74, 6) is 1.84. The zero-order valence-corrected chi connectivity index (χ0v) is 18.6. The van der Waals surface area contributed by atoms with E-state index in [1.165, 1.54) is 6.07 Å². The number of aliphatic imine (C=N–C) groups is 1. The summed E-state index contributed by atoms with van der Waals surface area (Å²) in [6, 6.07) is 8.57. The van der Waals surface area contributed by atoms with Crippen molar-refractivity contribution in [1.29, 1.82) is 0 Å². The first-order chi connectivity index (χ1) is 12.3. The molecule has 1 heterocycles. The molecular formula is C20H29FIN3O2. The lowest BCUT2D eigenvalue weighted by atomic mass is 9.96. The quantitative estimate of drug-likeness (QED) is 0.316. The third-order valence-electron chi connectivity index (χ3n) is 4.16. The molecule has 0 saturated carbocycles. The summed E-state index contributed by atoms with van der Waals surface area (Å²) in [6.07, 6.45) is 0.549. The Morgan fingerprint density at radius 3 is 2.56 bits per heavy atom. The summed E-state index contributed by atoms with van der Waals surface area (Å²) in [7, 11) is 0. The van der Waals surface area contributed by atoms with Gasteiger partial charge in [-0.1, -0.05) is 18.2 Å². The van der Waals surface area contributed by atoms with E-state index in [0.717, 1.165) is 11.3 Å². The predicted octanol–water partition coefficient (Wildman–Crippen LogP) is 3.66. The van der Waals surface area contributed by atoms with Crippen LogP contribution in [-0.4, -0.2) is 30.7 Å². The van der Waals surface area contributed by atoms with Gasteiger partial charge in [0.05, 0.1) is 6.54 Å². The Morgan fingerprint density at radius 1 is 1.26 bits per heavy atom. The fourth-order valence-electron chi connectivity index (χ4n) is 2.84. The summed E-state index contributed by atoms with van der Waals surface area (Å²) in [5, 5.41) is 17.1. The van der Waals surface area contributed by atoms with Gasteiger partial charge in [0.2, 0.25) is 0 Å². The molecule has 5 nitrogen and oxygen atoms in total. The van der Waals surface area contributed by atoms with Crippen molar-refractivity contribution in [1.82, 2.24) is 10.6 Å². The zero-order chi connectivity index (χ0) is 19.2. The van der Waals surface area contributed by atoms with Crippen LogP contribution in [-0.2, 0) is 12.0 Å². The number of hydrogen-bond acceptors (Lipinski definition) is 3. The molecule has 0 radical (unpaired) electrons. The number of rotatable bonds is 7. The van der Waals surface area contributed by atoms with Gasteiger partial charge in [0.15, 0.2) is 5.96 Å². The van der Waals surface area contributed by atoms with Crippen molar-refractivity contribution in [3.63, 3.8) is 0 Å². The molecule has 0 aliphatic rings. The Kier molecular flexibility index (Phi) is 9.25. The van der Waals surface area contributed by atoms with Crippen LogP contribution in [0.5, 0.6) is 0 Å². The standard InChI is InChI=1S/C20H28FN3O2.HI/c1-5-22-19(23-11-10-16-8-6-7-9-18(16)21)24-13-20(4,25)17-12-14(2)26-15(17)3;/h6-9,12,25H,5,10-11,13H2,1-4H3,(H2,22,23,24);1H. The van der Waals surface area contributed by atoms with Gasteiger partial charge in [-0.3, -0.25) is 0 Å². The van der Waals surface area contributed by atoms with E-state index >= 15 is 0 Å². The summed E-state index contributed by atoms with van der Waals surface area (Å²) >= 11 is 0. The first-order valence-electron chi connectivity index (χ1n) is 8.89. The lowest BCUT2D eigenvalue weighted by Gasteiger charge is -2.21. The number of halogens is 2. The largest absolute Gasteiger partial charge is 0.466 e. The molecule has 7 heteroatoms. The van der Waals surface area contributed by atoms with Gasteiger partial charge in [0.1, 0.15) is 22.9 Å². The molecule has 1 atom stereocenters. The monoisotopic (exact) mass is 489 g/mol. The predicted molar refractivity (Wildman–Crippen MR) is 117 cm³/mol.